The zero-order valence-electron chi connectivity index (χ0n) is 15.4. The number of nitrogens with zero attached hydrogens (tertiary/aromatic N) is 3. The van der Waals surface area contributed by atoms with Crippen molar-refractivity contribution in [2.45, 2.75) is 39.7 Å². The monoisotopic (exact) mass is 396 g/mol. The van der Waals surface area contributed by atoms with E-state index in [1.165, 1.54) is 0 Å². The van der Waals surface area contributed by atoms with Gasteiger partial charge in [0.15, 0.2) is 0 Å². The van der Waals surface area contributed by atoms with Crippen LogP contribution in [0, 0.1) is 19.8 Å². The third kappa shape index (κ3) is 4.05. The van der Waals surface area contributed by atoms with E-state index in [0.717, 1.165) is 35.6 Å². The van der Waals surface area contributed by atoms with Gasteiger partial charge in [0.05, 0.1) is 17.8 Å². The zero-order valence-corrected chi connectivity index (χ0v) is 17.0. The Morgan fingerprint density at radius 3 is 2.54 bits per heavy atom. The average Bonchev–Trinajstić information content (AvgIpc) is 3.10. The molecule has 142 valence electrons. The number of halogens is 2. The van der Waals surface area contributed by atoms with Crippen molar-refractivity contribution < 1.29 is 4.79 Å². The molecule has 26 heavy (non-hydrogen) atoms. The van der Waals surface area contributed by atoms with Gasteiger partial charge in [-0.05, 0) is 63.9 Å². The van der Waals surface area contributed by atoms with Gasteiger partial charge in [0.25, 0.3) is 0 Å². The van der Waals surface area contributed by atoms with Crippen LogP contribution < -0.4 is 5.73 Å². The summed E-state index contributed by atoms with van der Waals surface area (Å²) in [5.41, 5.74) is 9.61. The molecular formula is C19H26Cl2N4O. The van der Waals surface area contributed by atoms with E-state index in [9.17, 15) is 4.79 Å². The van der Waals surface area contributed by atoms with Gasteiger partial charge in [-0.25, -0.2) is 4.68 Å². The molecule has 0 aliphatic carbocycles. The minimum Gasteiger partial charge on any atom is -0.339 e. The van der Waals surface area contributed by atoms with Crippen LogP contribution in [0.4, 0.5) is 0 Å². The maximum atomic E-state index is 12.8. The van der Waals surface area contributed by atoms with Crippen molar-refractivity contribution in [1.29, 1.82) is 0 Å². The highest BCUT2D eigenvalue weighted by atomic mass is 35.5. The molecule has 1 saturated heterocycles. The maximum absolute atomic E-state index is 12.8. The van der Waals surface area contributed by atoms with E-state index in [4.69, 9.17) is 17.3 Å². The highest BCUT2D eigenvalue weighted by Crippen LogP contribution is 2.25. The number of carbonyl (C=O) groups excluding carboxylic acids is 1. The molecule has 1 aromatic heterocycles. The van der Waals surface area contributed by atoms with Crippen LogP contribution in [0.5, 0.6) is 0 Å². The number of hydrogen-bond acceptors (Lipinski definition) is 3. The summed E-state index contributed by atoms with van der Waals surface area (Å²) in [7, 11) is 0. The molecule has 1 amide bonds. The van der Waals surface area contributed by atoms with E-state index >= 15 is 0 Å². The van der Waals surface area contributed by atoms with Crippen molar-refractivity contribution in [2.24, 2.45) is 11.7 Å². The largest absolute Gasteiger partial charge is 0.339 e. The Hall–Kier alpha value is -1.56. The number of likely N-dealkylation sites (tertiary alicyclic amines) is 1. The zero-order chi connectivity index (χ0) is 18.1. The Kier molecular flexibility index (Phi) is 6.72. The van der Waals surface area contributed by atoms with Crippen LogP contribution in [0.25, 0.3) is 5.69 Å². The quantitative estimate of drug-likeness (QED) is 0.861. The third-order valence-corrected chi connectivity index (χ3v) is 5.41. The van der Waals surface area contributed by atoms with Gasteiger partial charge in [-0.2, -0.15) is 5.10 Å². The van der Waals surface area contributed by atoms with Gasteiger partial charge >= 0.3 is 0 Å². The minimum atomic E-state index is 0. The summed E-state index contributed by atoms with van der Waals surface area (Å²) in [6, 6.07) is 7.81. The molecular weight excluding hydrogens is 371 g/mol. The normalized spacial score (nSPS) is 19.5. The van der Waals surface area contributed by atoms with E-state index < -0.39 is 0 Å². The molecule has 3 rings (SSSR count). The van der Waals surface area contributed by atoms with Crippen molar-refractivity contribution in [1.82, 2.24) is 14.7 Å². The van der Waals surface area contributed by atoms with E-state index in [-0.39, 0.29) is 24.4 Å². The molecule has 0 spiro atoms. The molecule has 2 N–H and O–H groups in total. The van der Waals surface area contributed by atoms with Gasteiger partial charge in [-0.3, -0.25) is 4.79 Å². The second-order valence-corrected chi connectivity index (χ2v) is 7.38. The molecule has 1 aliphatic heterocycles. The summed E-state index contributed by atoms with van der Waals surface area (Å²) in [5.74, 6) is 0.572. The highest BCUT2D eigenvalue weighted by Gasteiger charge is 2.32. The molecule has 2 unspecified atom stereocenters. The van der Waals surface area contributed by atoms with Gasteiger partial charge < -0.3 is 10.6 Å². The van der Waals surface area contributed by atoms with Crippen LogP contribution in [0.15, 0.2) is 24.3 Å². The molecule has 1 fully saturated rings. The molecule has 1 aliphatic rings. The smallest absolute Gasteiger partial charge is 0.227 e. The number of aryl methyl sites for hydroxylation is 1. The van der Waals surface area contributed by atoms with Crippen LogP contribution in [0.1, 0.15) is 30.3 Å². The molecule has 0 saturated carbocycles. The second kappa shape index (κ2) is 8.42. The molecule has 5 nitrogen and oxygen atoms in total. The van der Waals surface area contributed by atoms with E-state index in [1.807, 2.05) is 47.7 Å². The first-order valence-electron chi connectivity index (χ1n) is 8.71. The van der Waals surface area contributed by atoms with Crippen LogP contribution >= 0.6 is 24.0 Å². The first-order chi connectivity index (χ1) is 11.9. The molecule has 7 heteroatoms. The standard InChI is InChI=1S/C19H25ClN4O.ClH/c1-12-8-15(10-21)11-23(12)19(25)9-18-13(2)22-24(14(18)3)17-6-4-16(20)5-7-17;/h4-7,12,15H,8-11,21H2,1-3H3;1H. The van der Waals surface area contributed by atoms with E-state index in [1.54, 1.807) is 0 Å². The van der Waals surface area contributed by atoms with E-state index in [2.05, 4.69) is 12.0 Å². The third-order valence-electron chi connectivity index (χ3n) is 5.16. The van der Waals surface area contributed by atoms with Crippen molar-refractivity contribution in [3.8, 4) is 5.69 Å². The molecule has 2 heterocycles. The fourth-order valence-electron chi connectivity index (χ4n) is 3.68. The number of nitrogens with two attached hydrogens (primary N) is 1. The lowest BCUT2D eigenvalue weighted by Gasteiger charge is -2.21. The average molecular weight is 397 g/mol. The predicted molar refractivity (Wildman–Crippen MR) is 107 cm³/mol. The van der Waals surface area contributed by atoms with Gasteiger partial charge in [-0.1, -0.05) is 11.6 Å². The first-order valence-corrected chi connectivity index (χ1v) is 9.09. The van der Waals surface area contributed by atoms with Crippen LogP contribution in [0.3, 0.4) is 0 Å². The van der Waals surface area contributed by atoms with Crippen LogP contribution in [-0.4, -0.2) is 39.7 Å². The SMILES string of the molecule is Cc1nn(-c2ccc(Cl)cc2)c(C)c1CC(=O)N1CC(CN)CC1C.Cl. The Morgan fingerprint density at radius 2 is 1.96 bits per heavy atom. The molecule has 0 bridgehead atoms. The van der Waals surface area contributed by atoms with Crippen molar-refractivity contribution in [3.05, 3.63) is 46.2 Å². The number of carbonyl (C=O) groups is 1. The Balaban J connectivity index is 0.00000243. The summed E-state index contributed by atoms with van der Waals surface area (Å²) in [4.78, 5) is 14.8. The Labute approximate surface area is 165 Å². The lowest BCUT2D eigenvalue weighted by Crippen LogP contribution is -2.35. The lowest BCUT2D eigenvalue weighted by molar-refractivity contribution is -0.131. The van der Waals surface area contributed by atoms with E-state index in [0.29, 0.717) is 23.9 Å². The first kappa shape index (κ1) is 20.7. The van der Waals surface area contributed by atoms with Gasteiger partial charge in [-0.15, -0.1) is 12.4 Å². The summed E-state index contributed by atoms with van der Waals surface area (Å²) in [5, 5.41) is 5.32. The van der Waals surface area contributed by atoms with Crippen LogP contribution in [0.2, 0.25) is 5.02 Å². The Morgan fingerprint density at radius 1 is 1.31 bits per heavy atom. The maximum Gasteiger partial charge on any atom is 0.227 e. The topological polar surface area (TPSA) is 64.2 Å². The summed E-state index contributed by atoms with van der Waals surface area (Å²) in [6.07, 6.45) is 1.37. The van der Waals surface area contributed by atoms with Crippen molar-refractivity contribution in [3.63, 3.8) is 0 Å². The summed E-state index contributed by atoms with van der Waals surface area (Å²) >= 11 is 5.97. The van der Waals surface area contributed by atoms with Crippen molar-refractivity contribution in [2.75, 3.05) is 13.1 Å². The fourth-order valence-corrected chi connectivity index (χ4v) is 3.80. The lowest BCUT2D eigenvalue weighted by atomic mass is 10.1. The number of benzene rings is 1. The number of aromatic nitrogens is 2. The van der Waals surface area contributed by atoms with Gasteiger partial charge in [0.2, 0.25) is 5.91 Å². The highest BCUT2D eigenvalue weighted by molar-refractivity contribution is 6.30. The van der Waals surface area contributed by atoms with Crippen LogP contribution in [-0.2, 0) is 11.2 Å². The Bertz CT molecular complexity index is 773. The van der Waals surface area contributed by atoms with Crippen molar-refractivity contribution >= 4 is 29.9 Å². The number of amides is 1. The molecule has 2 aromatic rings. The summed E-state index contributed by atoms with van der Waals surface area (Å²) < 4.78 is 1.88. The van der Waals surface area contributed by atoms with Gasteiger partial charge in [0.1, 0.15) is 0 Å². The number of hydrogen-bond donors (Lipinski definition) is 1. The predicted octanol–water partition coefficient (Wildman–Crippen LogP) is 3.30. The number of rotatable bonds is 4. The van der Waals surface area contributed by atoms with Gasteiger partial charge in [0, 0.05) is 28.9 Å². The molecule has 2 atom stereocenters. The fraction of sp³-hybridized carbons (Fsp3) is 0.474. The summed E-state index contributed by atoms with van der Waals surface area (Å²) in [6.45, 7) is 7.47. The molecule has 1 aromatic carbocycles. The minimum absolute atomic E-state index is 0. The molecule has 0 radical (unpaired) electrons. The second-order valence-electron chi connectivity index (χ2n) is 6.95.